The minimum absolute atomic E-state index is 0.0118. The number of sulfonamides is 1. The van der Waals surface area contributed by atoms with Gasteiger partial charge >= 0.3 is 0 Å². The van der Waals surface area contributed by atoms with Gasteiger partial charge in [-0.3, -0.25) is 9.10 Å². The van der Waals surface area contributed by atoms with Crippen LogP contribution in [0.25, 0.3) is 0 Å². The number of methoxy groups -OCH3 is 2. The lowest BCUT2D eigenvalue weighted by molar-refractivity contribution is -0.116. The second kappa shape index (κ2) is 10.7. The molecule has 8 nitrogen and oxygen atoms in total. The number of anilines is 1. The molecule has 35 heavy (non-hydrogen) atoms. The SMILES string of the molecule is COc1cc(S(=O)(=O)N(CC(N)=O)c2ccc(Cl)cc2C(O)c2ccccc2Cl)c(OC)cc1C. The topological polar surface area (TPSA) is 119 Å². The molecule has 1 unspecified atom stereocenters. The first-order valence-electron chi connectivity index (χ1n) is 10.3. The molecule has 0 radical (unpaired) electrons. The van der Waals surface area contributed by atoms with Gasteiger partial charge in [0.1, 0.15) is 29.0 Å². The van der Waals surface area contributed by atoms with Crippen molar-refractivity contribution in [2.75, 3.05) is 25.1 Å². The van der Waals surface area contributed by atoms with Crippen molar-refractivity contribution in [2.24, 2.45) is 5.73 Å². The molecule has 0 aliphatic heterocycles. The van der Waals surface area contributed by atoms with E-state index in [2.05, 4.69) is 0 Å². The van der Waals surface area contributed by atoms with E-state index in [4.69, 9.17) is 38.4 Å². The van der Waals surface area contributed by atoms with Crippen molar-refractivity contribution in [3.8, 4) is 11.5 Å². The van der Waals surface area contributed by atoms with Crippen LogP contribution in [-0.2, 0) is 14.8 Å². The number of carbonyl (C=O) groups is 1. The molecule has 0 saturated heterocycles. The molecule has 0 spiro atoms. The number of carbonyl (C=O) groups excluding carboxylic acids is 1. The molecule has 11 heteroatoms. The molecule has 0 aliphatic rings. The highest BCUT2D eigenvalue weighted by molar-refractivity contribution is 7.93. The van der Waals surface area contributed by atoms with E-state index in [1.165, 1.54) is 44.6 Å². The summed E-state index contributed by atoms with van der Waals surface area (Å²) in [6.45, 7) is 1.02. The monoisotopic (exact) mass is 538 g/mol. The quantitative estimate of drug-likeness (QED) is 0.423. The van der Waals surface area contributed by atoms with Crippen molar-refractivity contribution in [1.82, 2.24) is 0 Å². The molecule has 0 heterocycles. The van der Waals surface area contributed by atoms with Crippen LogP contribution >= 0.6 is 23.2 Å². The molecule has 3 aromatic carbocycles. The summed E-state index contributed by atoms with van der Waals surface area (Å²) < 4.78 is 39.3. The van der Waals surface area contributed by atoms with Crippen LogP contribution in [0.3, 0.4) is 0 Å². The number of halogens is 2. The fourth-order valence-corrected chi connectivity index (χ4v) is 5.65. The van der Waals surface area contributed by atoms with Gasteiger partial charge in [-0.2, -0.15) is 0 Å². The Kier molecular flexibility index (Phi) is 8.17. The zero-order chi connectivity index (χ0) is 25.9. The van der Waals surface area contributed by atoms with E-state index < -0.39 is 28.6 Å². The summed E-state index contributed by atoms with van der Waals surface area (Å²) in [5, 5.41) is 11.7. The fourth-order valence-electron chi connectivity index (χ4n) is 3.62. The van der Waals surface area contributed by atoms with Crippen LogP contribution in [-0.4, -0.2) is 40.2 Å². The summed E-state index contributed by atoms with van der Waals surface area (Å²) in [7, 11) is -1.73. The molecular weight excluding hydrogens is 515 g/mol. The molecule has 3 aromatic rings. The second-order valence-electron chi connectivity index (χ2n) is 7.58. The van der Waals surface area contributed by atoms with E-state index in [1.54, 1.807) is 31.2 Å². The van der Waals surface area contributed by atoms with Gasteiger partial charge in [0.15, 0.2) is 0 Å². The van der Waals surface area contributed by atoms with Crippen molar-refractivity contribution in [3.63, 3.8) is 0 Å². The normalized spacial score (nSPS) is 12.2. The zero-order valence-corrected chi connectivity index (χ0v) is 21.5. The van der Waals surface area contributed by atoms with Crippen molar-refractivity contribution < 1.29 is 27.8 Å². The van der Waals surface area contributed by atoms with Crippen LogP contribution in [0, 0.1) is 6.92 Å². The Labute approximate surface area is 213 Å². The number of amides is 1. The van der Waals surface area contributed by atoms with E-state index in [0.29, 0.717) is 16.9 Å². The number of rotatable bonds is 9. The third kappa shape index (κ3) is 5.48. The fraction of sp³-hybridized carbons (Fsp3) is 0.208. The lowest BCUT2D eigenvalue weighted by Crippen LogP contribution is -2.39. The van der Waals surface area contributed by atoms with Crippen LogP contribution in [0.5, 0.6) is 11.5 Å². The highest BCUT2D eigenvalue weighted by Gasteiger charge is 2.33. The zero-order valence-electron chi connectivity index (χ0n) is 19.2. The molecule has 0 aliphatic carbocycles. The molecule has 3 N–H and O–H groups in total. The van der Waals surface area contributed by atoms with E-state index in [9.17, 15) is 18.3 Å². The summed E-state index contributed by atoms with van der Waals surface area (Å²) in [6.07, 6.45) is -1.36. The number of aliphatic hydroxyl groups excluding tert-OH is 1. The lowest BCUT2D eigenvalue weighted by Gasteiger charge is -2.28. The smallest absolute Gasteiger partial charge is 0.268 e. The van der Waals surface area contributed by atoms with E-state index in [1.807, 2.05) is 0 Å². The van der Waals surface area contributed by atoms with Crippen molar-refractivity contribution in [1.29, 1.82) is 0 Å². The summed E-state index contributed by atoms with van der Waals surface area (Å²) >= 11 is 12.5. The number of hydrogen-bond donors (Lipinski definition) is 2. The number of hydrogen-bond acceptors (Lipinski definition) is 6. The highest BCUT2D eigenvalue weighted by atomic mass is 35.5. The maximum absolute atomic E-state index is 13.9. The number of nitrogens with zero attached hydrogens (tertiary/aromatic N) is 1. The summed E-state index contributed by atoms with van der Waals surface area (Å²) in [4.78, 5) is 11.8. The van der Waals surface area contributed by atoms with Gasteiger partial charge in [0.25, 0.3) is 10.0 Å². The largest absolute Gasteiger partial charge is 0.496 e. The average molecular weight is 539 g/mol. The lowest BCUT2D eigenvalue weighted by atomic mass is 9.99. The number of benzene rings is 3. The number of primary amides is 1. The average Bonchev–Trinajstić information content (AvgIpc) is 2.82. The molecule has 0 saturated carbocycles. The first-order chi connectivity index (χ1) is 16.5. The maximum Gasteiger partial charge on any atom is 0.268 e. The van der Waals surface area contributed by atoms with Gasteiger partial charge in [-0.25, -0.2) is 8.42 Å². The van der Waals surface area contributed by atoms with Crippen LogP contribution in [0.1, 0.15) is 22.8 Å². The van der Waals surface area contributed by atoms with Crippen LogP contribution in [0.15, 0.2) is 59.5 Å². The summed E-state index contributed by atoms with van der Waals surface area (Å²) in [6, 6.07) is 13.6. The predicted octanol–water partition coefficient (Wildman–Crippen LogP) is 4.08. The Balaban J connectivity index is 2.28. The summed E-state index contributed by atoms with van der Waals surface area (Å²) in [5.41, 5.74) is 6.50. The molecule has 0 fully saturated rings. The Hall–Kier alpha value is -2.98. The molecule has 1 amide bonds. The third-order valence-corrected chi connectivity index (χ3v) is 7.66. The van der Waals surface area contributed by atoms with Crippen molar-refractivity contribution >= 4 is 44.8 Å². The first kappa shape index (κ1) is 26.6. The van der Waals surface area contributed by atoms with Crippen LogP contribution in [0.4, 0.5) is 5.69 Å². The Morgan fingerprint density at radius 1 is 1.03 bits per heavy atom. The molecule has 1 atom stereocenters. The van der Waals surface area contributed by atoms with Crippen LogP contribution in [0.2, 0.25) is 10.0 Å². The van der Waals surface area contributed by atoms with Crippen LogP contribution < -0.4 is 19.5 Å². The first-order valence-corrected chi connectivity index (χ1v) is 12.5. The minimum atomic E-state index is -4.46. The summed E-state index contributed by atoms with van der Waals surface area (Å²) in [5.74, 6) is -0.574. The van der Waals surface area contributed by atoms with Crippen molar-refractivity contribution in [2.45, 2.75) is 17.9 Å². The molecule has 3 rings (SSSR count). The molecule has 0 bridgehead atoms. The molecule has 186 valence electrons. The van der Waals surface area contributed by atoms with Gasteiger partial charge in [0.2, 0.25) is 5.91 Å². The Bertz CT molecular complexity index is 1360. The molecular formula is C24H24Cl2N2O6S. The molecule has 0 aromatic heterocycles. The van der Waals surface area contributed by atoms with E-state index in [-0.39, 0.29) is 31.9 Å². The number of nitrogens with two attached hydrogens (primary N) is 1. The van der Waals surface area contributed by atoms with Gasteiger partial charge in [-0.05, 0) is 42.8 Å². The van der Waals surface area contributed by atoms with Gasteiger partial charge in [0, 0.05) is 27.2 Å². The Morgan fingerprint density at radius 2 is 1.69 bits per heavy atom. The number of ether oxygens (including phenoxy) is 2. The standard InChI is InChI=1S/C24H24Cl2N2O6S/c1-14-10-21(34-3)22(12-20(14)33-2)35(31,32)28(13-23(27)29)19-9-8-15(25)11-17(19)24(30)16-6-4-5-7-18(16)26/h4-12,24,30H,13H2,1-3H3,(H2,27,29). The van der Waals surface area contributed by atoms with Gasteiger partial charge in [-0.15, -0.1) is 0 Å². The highest BCUT2D eigenvalue weighted by Crippen LogP contribution is 2.40. The maximum atomic E-state index is 13.9. The van der Waals surface area contributed by atoms with E-state index in [0.717, 1.165) is 4.31 Å². The number of aryl methyl sites for hydroxylation is 1. The second-order valence-corrected chi connectivity index (χ2v) is 10.3. The third-order valence-electron chi connectivity index (χ3n) is 5.30. The predicted molar refractivity (Wildman–Crippen MR) is 135 cm³/mol. The van der Waals surface area contributed by atoms with Gasteiger partial charge in [0.05, 0.1) is 19.9 Å². The van der Waals surface area contributed by atoms with E-state index >= 15 is 0 Å². The minimum Gasteiger partial charge on any atom is -0.496 e. The van der Waals surface area contributed by atoms with Gasteiger partial charge in [-0.1, -0.05) is 41.4 Å². The van der Waals surface area contributed by atoms with Crippen molar-refractivity contribution in [3.05, 3.63) is 81.3 Å². The number of aliphatic hydroxyl groups is 1. The Morgan fingerprint density at radius 3 is 2.29 bits per heavy atom. The van der Waals surface area contributed by atoms with Gasteiger partial charge < -0.3 is 20.3 Å².